The van der Waals surface area contributed by atoms with Crippen LogP contribution in [0.5, 0.6) is 0 Å². The van der Waals surface area contributed by atoms with Crippen LogP contribution < -0.4 is 9.70 Å². The van der Waals surface area contributed by atoms with E-state index >= 15 is 0 Å². The van der Waals surface area contributed by atoms with E-state index in [-0.39, 0.29) is 18.4 Å². The summed E-state index contributed by atoms with van der Waals surface area (Å²) >= 11 is 1.39. The predicted octanol–water partition coefficient (Wildman–Crippen LogP) is 3.38. The van der Waals surface area contributed by atoms with Gasteiger partial charge in [0.1, 0.15) is 6.54 Å². The van der Waals surface area contributed by atoms with Crippen LogP contribution in [0.1, 0.15) is 22.8 Å². The van der Waals surface area contributed by atoms with Gasteiger partial charge < -0.3 is 14.2 Å². The number of esters is 1. The Bertz CT molecular complexity index is 1080. The van der Waals surface area contributed by atoms with Gasteiger partial charge in [-0.2, -0.15) is 4.99 Å². The van der Waals surface area contributed by atoms with Crippen molar-refractivity contribution in [2.75, 3.05) is 25.6 Å². The van der Waals surface area contributed by atoms with Gasteiger partial charge in [-0.3, -0.25) is 9.59 Å². The third-order valence-corrected chi connectivity index (χ3v) is 5.37. The largest absolute Gasteiger partial charge is 0.465 e. The maximum absolute atomic E-state index is 12.7. The van der Waals surface area contributed by atoms with E-state index in [0.717, 1.165) is 21.5 Å². The van der Waals surface area contributed by atoms with Crippen molar-refractivity contribution in [1.29, 1.82) is 0 Å². The molecule has 0 N–H and O–H groups in total. The summed E-state index contributed by atoms with van der Waals surface area (Å²) in [4.78, 5) is 31.6. The summed E-state index contributed by atoms with van der Waals surface area (Å²) in [7, 11) is 3.89. The number of carbonyl (C=O) groups excluding carboxylic acids is 2. The quantitative estimate of drug-likeness (QED) is 0.619. The monoisotopic (exact) mass is 397 g/mol. The summed E-state index contributed by atoms with van der Waals surface area (Å²) in [6.45, 7) is 4.07. The van der Waals surface area contributed by atoms with Crippen LogP contribution in [0.25, 0.3) is 10.2 Å². The van der Waals surface area contributed by atoms with Crippen LogP contribution in [0, 0.1) is 6.92 Å². The molecule has 0 spiro atoms. The summed E-state index contributed by atoms with van der Waals surface area (Å²) in [6.07, 6.45) is 0. The molecule has 0 aliphatic carbocycles. The van der Waals surface area contributed by atoms with Gasteiger partial charge in [0.05, 0.1) is 16.8 Å². The van der Waals surface area contributed by atoms with E-state index in [4.69, 9.17) is 4.74 Å². The fourth-order valence-electron chi connectivity index (χ4n) is 2.93. The first-order valence-corrected chi connectivity index (χ1v) is 9.83. The van der Waals surface area contributed by atoms with Crippen molar-refractivity contribution in [3.8, 4) is 0 Å². The average Bonchev–Trinajstić information content (AvgIpc) is 3.00. The van der Waals surface area contributed by atoms with E-state index in [1.54, 1.807) is 23.6 Å². The first-order chi connectivity index (χ1) is 13.4. The van der Waals surface area contributed by atoms with Crippen LogP contribution in [0.4, 0.5) is 5.69 Å². The molecule has 28 heavy (non-hydrogen) atoms. The number of nitrogens with zero attached hydrogens (tertiary/aromatic N) is 3. The van der Waals surface area contributed by atoms with Gasteiger partial charge in [-0.15, -0.1) is 0 Å². The summed E-state index contributed by atoms with van der Waals surface area (Å²) < 4.78 is 7.83. The van der Waals surface area contributed by atoms with Gasteiger partial charge >= 0.3 is 5.97 Å². The van der Waals surface area contributed by atoms with Gasteiger partial charge in [0.15, 0.2) is 4.80 Å². The summed E-state index contributed by atoms with van der Waals surface area (Å²) in [5.74, 6) is -0.693. The molecule has 1 aromatic heterocycles. The highest BCUT2D eigenvalue weighted by molar-refractivity contribution is 7.16. The lowest BCUT2D eigenvalue weighted by Gasteiger charge is -2.11. The van der Waals surface area contributed by atoms with Gasteiger partial charge in [-0.1, -0.05) is 23.5 Å². The van der Waals surface area contributed by atoms with Crippen molar-refractivity contribution in [2.24, 2.45) is 4.99 Å². The normalized spacial score (nSPS) is 11.6. The molecule has 146 valence electrons. The topological polar surface area (TPSA) is 63.9 Å². The molecule has 3 aromatic rings. The number of amides is 1. The van der Waals surface area contributed by atoms with E-state index in [9.17, 15) is 9.59 Å². The van der Waals surface area contributed by atoms with Crippen LogP contribution in [0.15, 0.2) is 47.5 Å². The average molecular weight is 398 g/mol. The third kappa shape index (κ3) is 4.14. The molecule has 7 heteroatoms. The minimum absolute atomic E-state index is 0.0182. The number of para-hydroxylation sites is 1. The van der Waals surface area contributed by atoms with Gasteiger partial charge in [-0.05, 0) is 49.7 Å². The molecule has 0 atom stereocenters. The SMILES string of the molecule is CCOC(=O)Cn1c(=NC(=O)c2ccc(N(C)C)cc2)sc2cccc(C)c21. The van der Waals surface area contributed by atoms with Crippen molar-refractivity contribution < 1.29 is 14.3 Å². The number of anilines is 1. The van der Waals surface area contributed by atoms with Crippen molar-refractivity contribution in [3.05, 3.63) is 58.4 Å². The Morgan fingerprint density at radius 3 is 2.50 bits per heavy atom. The second kappa shape index (κ2) is 8.39. The lowest BCUT2D eigenvalue weighted by atomic mass is 10.2. The highest BCUT2D eigenvalue weighted by Gasteiger charge is 2.14. The Labute approximate surface area is 167 Å². The fourth-order valence-corrected chi connectivity index (χ4v) is 4.03. The van der Waals surface area contributed by atoms with E-state index < -0.39 is 0 Å². The fraction of sp³-hybridized carbons (Fsp3) is 0.286. The molecule has 0 aliphatic heterocycles. The zero-order chi connectivity index (χ0) is 20.3. The Balaban J connectivity index is 2.06. The number of fused-ring (bicyclic) bond motifs is 1. The highest BCUT2D eigenvalue weighted by atomic mass is 32.1. The van der Waals surface area contributed by atoms with E-state index in [1.807, 2.05) is 56.3 Å². The summed E-state index contributed by atoms with van der Waals surface area (Å²) in [6, 6.07) is 13.2. The number of ether oxygens (including phenoxy) is 1. The molecule has 0 radical (unpaired) electrons. The van der Waals surface area contributed by atoms with Gasteiger partial charge in [0, 0.05) is 25.3 Å². The van der Waals surface area contributed by atoms with Crippen LogP contribution in [-0.2, 0) is 16.1 Å². The number of aryl methyl sites for hydroxylation is 1. The van der Waals surface area contributed by atoms with Crippen molar-refractivity contribution in [3.63, 3.8) is 0 Å². The lowest BCUT2D eigenvalue weighted by molar-refractivity contribution is -0.143. The minimum atomic E-state index is -0.352. The zero-order valence-electron chi connectivity index (χ0n) is 16.4. The Morgan fingerprint density at radius 2 is 1.86 bits per heavy atom. The predicted molar refractivity (Wildman–Crippen MR) is 112 cm³/mol. The van der Waals surface area contributed by atoms with Crippen LogP contribution >= 0.6 is 11.3 Å². The third-order valence-electron chi connectivity index (χ3n) is 4.32. The standard InChI is InChI=1S/C21H23N3O3S/c1-5-27-18(25)13-24-19-14(2)7-6-8-17(19)28-21(24)22-20(26)15-9-11-16(12-10-15)23(3)4/h6-12H,5,13H2,1-4H3. The van der Waals surface area contributed by atoms with E-state index in [0.29, 0.717) is 17.0 Å². The van der Waals surface area contributed by atoms with Gasteiger partial charge in [0.25, 0.3) is 5.91 Å². The van der Waals surface area contributed by atoms with Crippen LogP contribution in [-0.4, -0.2) is 37.1 Å². The molecular weight excluding hydrogens is 374 g/mol. The molecular formula is C21H23N3O3S. The lowest BCUT2D eigenvalue weighted by Crippen LogP contribution is -2.23. The van der Waals surface area contributed by atoms with Crippen molar-refractivity contribution >= 4 is 39.1 Å². The number of aromatic nitrogens is 1. The minimum Gasteiger partial charge on any atom is -0.465 e. The summed E-state index contributed by atoms with van der Waals surface area (Å²) in [5.41, 5.74) is 3.42. The highest BCUT2D eigenvalue weighted by Crippen LogP contribution is 2.21. The maximum Gasteiger partial charge on any atom is 0.326 e. The molecule has 0 unspecified atom stereocenters. The van der Waals surface area contributed by atoms with E-state index in [2.05, 4.69) is 4.99 Å². The molecule has 1 heterocycles. The molecule has 2 aromatic carbocycles. The smallest absolute Gasteiger partial charge is 0.326 e. The van der Waals surface area contributed by atoms with Crippen molar-refractivity contribution in [1.82, 2.24) is 4.57 Å². The number of hydrogen-bond acceptors (Lipinski definition) is 5. The number of carbonyl (C=O) groups is 2. The maximum atomic E-state index is 12.7. The second-order valence-electron chi connectivity index (χ2n) is 6.56. The molecule has 0 saturated carbocycles. The Morgan fingerprint density at radius 1 is 1.14 bits per heavy atom. The van der Waals surface area contributed by atoms with Crippen molar-refractivity contribution in [2.45, 2.75) is 20.4 Å². The van der Waals surface area contributed by atoms with Gasteiger partial charge in [0.2, 0.25) is 0 Å². The Kier molecular flexibility index (Phi) is 5.94. The molecule has 0 saturated heterocycles. The van der Waals surface area contributed by atoms with E-state index in [1.165, 1.54) is 11.3 Å². The first-order valence-electron chi connectivity index (χ1n) is 9.01. The molecule has 1 amide bonds. The molecule has 3 rings (SSSR count). The zero-order valence-corrected chi connectivity index (χ0v) is 17.2. The number of thiazole rings is 1. The molecule has 6 nitrogen and oxygen atoms in total. The summed E-state index contributed by atoms with van der Waals surface area (Å²) in [5, 5.41) is 0. The van der Waals surface area contributed by atoms with Gasteiger partial charge in [-0.25, -0.2) is 0 Å². The number of benzene rings is 2. The number of rotatable bonds is 5. The molecule has 0 fully saturated rings. The number of hydrogen-bond donors (Lipinski definition) is 0. The van der Waals surface area contributed by atoms with Crippen LogP contribution in [0.2, 0.25) is 0 Å². The second-order valence-corrected chi connectivity index (χ2v) is 7.56. The molecule has 0 aliphatic rings. The van der Waals surface area contributed by atoms with Crippen LogP contribution in [0.3, 0.4) is 0 Å². The molecule has 0 bridgehead atoms. The first kappa shape index (κ1) is 19.8. The Hall–Kier alpha value is -2.93.